The standard InChI is InChI=1S/C11H10F3N5O/c1-4-2-6(5(15)3-7(4)20)17-8-9(11(12,13)14)18-19-10(8)16/h2-3,9,16,20H,15H2,1H3. The molecule has 2 rings (SSSR count). The van der Waals surface area contributed by atoms with Crippen LogP contribution in [0, 0.1) is 12.3 Å². The lowest BCUT2D eigenvalue weighted by atomic mass is 10.1. The van der Waals surface area contributed by atoms with Gasteiger partial charge in [0.25, 0.3) is 0 Å². The molecule has 1 unspecified atom stereocenters. The fraction of sp³-hybridized carbons (Fsp3) is 0.273. The molecule has 0 saturated carbocycles. The Labute approximate surface area is 111 Å². The van der Waals surface area contributed by atoms with Gasteiger partial charge in [-0.1, -0.05) is 0 Å². The van der Waals surface area contributed by atoms with Crippen LogP contribution in [0.5, 0.6) is 5.75 Å². The third-order valence-corrected chi connectivity index (χ3v) is 2.67. The molecule has 0 saturated heterocycles. The Morgan fingerprint density at radius 1 is 1.40 bits per heavy atom. The van der Waals surface area contributed by atoms with Gasteiger partial charge >= 0.3 is 6.18 Å². The highest BCUT2D eigenvalue weighted by molar-refractivity contribution is 6.44. The minimum atomic E-state index is -4.67. The highest BCUT2D eigenvalue weighted by atomic mass is 19.4. The summed E-state index contributed by atoms with van der Waals surface area (Å²) in [6, 6.07) is 0.254. The maximum absolute atomic E-state index is 12.7. The van der Waals surface area contributed by atoms with Crippen molar-refractivity contribution >= 4 is 22.9 Å². The van der Waals surface area contributed by atoms with Gasteiger partial charge in [0.05, 0.1) is 11.4 Å². The van der Waals surface area contributed by atoms with Gasteiger partial charge in [-0.15, -0.1) is 5.11 Å². The van der Waals surface area contributed by atoms with Gasteiger partial charge in [0.2, 0.25) is 6.04 Å². The summed E-state index contributed by atoms with van der Waals surface area (Å²) in [6.07, 6.45) is -4.67. The van der Waals surface area contributed by atoms with Crippen molar-refractivity contribution in [3.8, 4) is 5.75 Å². The first-order valence-electron chi connectivity index (χ1n) is 5.44. The summed E-state index contributed by atoms with van der Waals surface area (Å²) in [5.74, 6) is -0.743. The number of nitrogen functional groups attached to an aromatic ring is 1. The van der Waals surface area contributed by atoms with E-state index >= 15 is 0 Å². The van der Waals surface area contributed by atoms with Crippen molar-refractivity contribution in [2.45, 2.75) is 19.1 Å². The molecule has 0 radical (unpaired) electrons. The maximum atomic E-state index is 12.7. The molecule has 1 atom stereocenters. The SMILES string of the molecule is Cc1cc(N=C2C(=N)N=NC2C(F)(F)F)c(N)cc1O. The van der Waals surface area contributed by atoms with Crippen LogP contribution in [0.1, 0.15) is 5.56 Å². The molecule has 0 bridgehead atoms. The summed E-state index contributed by atoms with van der Waals surface area (Å²) < 4.78 is 38.2. The van der Waals surface area contributed by atoms with Crippen LogP contribution in [-0.4, -0.2) is 28.9 Å². The predicted octanol–water partition coefficient (Wildman–Crippen LogP) is 2.73. The fourth-order valence-corrected chi connectivity index (χ4v) is 1.61. The number of aliphatic imine (C=N–C) groups is 1. The molecule has 4 N–H and O–H groups in total. The van der Waals surface area contributed by atoms with Crippen molar-refractivity contribution in [3.63, 3.8) is 0 Å². The van der Waals surface area contributed by atoms with Crippen molar-refractivity contribution in [1.29, 1.82) is 5.41 Å². The molecule has 9 heteroatoms. The number of azo groups is 1. The van der Waals surface area contributed by atoms with Crippen molar-refractivity contribution in [2.24, 2.45) is 15.2 Å². The van der Waals surface area contributed by atoms with Gasteiger partial charge < -0.3 is 10.8 Å². The number of hydrogen-bond donors (Lipinski definition) is 3. The fourth-order valence-electron chi connectivity index (χ4n) is 1.61. The molecule has 0 fully saturated rings. The maximum Gasteiger partial charge on any atom is 0.418 e. The number of anilines is 1. The molecule has 1 heterocycles. The number of amidine groups is 1. The second kappa shape index (κ2) is 4.58. The van der Waals surface area contributed by atoms with Crippen LogP contribution in [0.15, 0.2) is 27.4 Å². The lowest BCUT2D eigenvalue weighted by Gasteiger charge is -2.12. The van der Waals surface area contributed by atoms with Gasteiger partial charge in [0, 0.05) is 6.07 Å². The first-order chi connectivity index (χ1) is 9.20. The smallest absolute Gasteiger partial charge is 0.418 e. The molecule has 6 nitrogen and oxygen atoms in total. The second-order valence-corrected chi connectivity index (χ2v) is 4.20. The number of halogens is 3. The number of aromatic hydroxyl groups is 1. The van der Waals surface area contributed by atoms with Crippen molar-refractivity contribution in [2.75, 3.05) is 5.73 Å². The van der Waals surface area contributed by atoms with Crippen LogP contribution in [-0.2, 0) is 0 Å². The van der Waals surface area contributed by atoms with E-state index in [0.717, 1.165) is 0 Å². The van der Waals surface area contributed by atoms with E-state index in [9.17, 15) is 18.3 Å². The molecule has 1 aromatic carbocycles. The monoisotopic (exact) mass is 285 g/mol. The first-order valence-corrected chi connectivity index (χ1v) is 5.44. The van der Waals surface area contributed by atoms with Crippen LogP contribution < -0.4 is 5.73 Å². The Kier molecular flexibility index (Phi) is 3.20. The van der Waals surface area contributed by atoms with E-state index < -0.39 is 23.8 Å². The number of nitrogens with two attached hydrogens (primary N) is 1. The summed E-state index contributed by atoms with van der Waals surface area (Å²) in [4.78, 5) is 3.74. The van der Waals surface area contributed by atoms with E-state index in [1.807, 2.05) is 0 Å². The van der Waals surface area contributed by atoms with E-state index in [2.05, 4.69) is 15.2 Å². The highest BCUT2D eigenvalue weighted by Crippen LogP contribution is 2.33. The largest absolute Gasteiger partial charge is 0.508 e. The normalized spacial score (nSPS) is 20.9. The topological polar surface area (TPSA) is 107 Å². The number of phenolic OH excluding ortho intramolecular Hbond substituents is 1. The van der Waals surface area contributed by atoms with E-state index in [-0.39, 0.29) is 17.1 Å². The average Bonchev–Trinajstić information content (AvgIpc) is 2.67. The van der Waals surface area contributed by atoms with Gasteiger partial charge in [-0.2, -0.15) is 18.3 Å². The molecular formula is C11H10F3N5O. The Morgan fingerprint density at radius 2 is 2.05 bits per heavy atom. The number of aryl methyl sites for hydroxylation is 1. The third kappa shape index (κ3) is 2.46. The molecule has 1 aliphatic rings. The van der Waals surface area contributed by atoms with Gasteiger partial charge in [-0.05, 0) is 18.6 Å². The van der Waals surface area contributed by atoms with Crippen molar-refractivity contribution in [3.05, 3.63) is 17.7 Å². The van der Waals surface area contributed by atoms with E-state index in [1.54, 1.807) is 6.92 Å². The Hall–Kier alpha value is -2.45. The van der Waals surface area contributed by atoms with Crippen LogP contribution in [0.2, 0.25) is 0 Å². The molecule has 0 spiro atoms. The van der Waals surface area contributed by atoms with Crippen LogP contribution >= 0.6 is 0 Å². The Balaban J connectivity index is 2.49. The zero-order valence-electron chi connectivity index (χ0n) is 10.2. The summed E-state index contributed by atoms with van der Waals surface area (Å²) >= 11 is 0. The van der Waals surface area contributed by atoms with Crippen LogP contribution in [0.4, 0.5) is 24.5 Å². The van der Waals surface area contributed by atoms with Crippen molar-refractivity contribution < 1.29 is 18.3 Å². The number of rotatable bonds is 1. The van der Waals surface area contributed by atoms with E-state index in [4.69, 9.17) is 11.1 Å². The quantitative estimate of drug-likeness (QED) is 0.690. The predicted molar refractivity (Wildman–Crippen MR) is 66.8 cm³/mol. The Morgan fingerprint density at radius 3 is 2.65 bits per heavy atom. The number of phenols is 1. The lowest BCUT2D eigenvalue weighted by molar-refractivity contribution is -0.131. The van der Waals surface area contributed by atoms with Crippen molar-refractivity contribution in [1.82, 2.24) is 0 Å². The first kappa shape index (κ1) is 14.0. The summed E-state index contributed by atoms with van der Waals surface area (Å²) in [7, 11) is 0. The number of nitrogens with one attached hydrogen (secondary N) is 1. The summed E-state index contributed by atoms with van der Waals surface area (Å²) in [5.41, 5.74) is 5.41. The molecule has 0 aromatic heterocycles. The average molecular weight is 285 g/mol. The minimum Gasteiger partial charge on any atom is -0.508 e. The zero-order chi connectivity index (χ0) is 15.1. The summed E-state index contributed by atoms with van der Waals surface area (Å²) in [5, 5.41) is 22.9. The van der Waals surface area contributed by atoms with Crippen LogP contribution in [0.3, 0.4) is 0 Å². The minimum absolute atomic E-state index is 0.00113. The van der Waals surface area contributed by atoms with Gasteiger partial charge in [-0.25, -0.2) is 4.99 Å². The molecule has 1 aromatic rings. The highest BCUT2D eigenvalue weighted by Gasteiger charge is 2.48. The van der Waals surface area contributed by atoms with Gasteiger partial charge in [-0.3, -0.25) is 5.41 Å². The lowest BCUT2D eigenvalue weighted by Crippen LogP contribution is -2.34. The third-order valence-electron chi connectivity index (χ3n) is 2.67. The molecule has 0 amide bonds. The molecule has 0 aliphatic carbocycles. The molecular weight excluding hydrogens is 275 g/mol. The molecule has 20 heavy (non-hydrogen) atoms. The van der Waals surface area contributed by atoms with E-state index in [1.165, 1.54) is 12.1 Å². The van der Waals surface area contributed by atoms with Crippen LogP contribution in [0.25, 0.3) is 0 Å². The number of alkyl halides is 3. The zero-order valence-corrected chi connectivity index (χ0v) is 10.2. The Bertz CT molecular complexity index is 636. The molecule has 1 aliphatic heterocycles. The van der Waals surface area contributed by atoms with Gasteiger partial charge in [0.1, 0.15) is 11.5 Å². The molecule has 106 valence electrons. The number of benzene rings is 1. The number of hydrogen-bond acceptors (Lipinski definition) is 5. The van der Waals surface area contributed by atoms with E-state index in [0.29, 0.717) is 5.56 Å². The number of nitrogens with zero attached hydrogens (tertiary/aromatic N) is 3. The second-order valence-electron chi connectivity index (χ2n) is 4.20. The van der Waals surface area contributed by atoms with Gasteiger partial charge in [0.15, 0.2) is 5.84 Å². The summed E-state index contributed by atoms with van der Waals surface area (Å²) in [6.45, 7) is 1.55.